The summed E-state index contributed by atoms with van der Waals surface area (Å²) in [6, 6.07) is 3.95. The maximum atomic E-state index is 7.58. The fourth-order valence-electron chi connectivity index (χ4n) is 2.83. The van der Waals surface area contributed by atoms with Crippen LogP contribution in [0.25, 0.3) is 0 Å². The molecule has 0 amide bonds. The average molecular weight is 260 g/mol. The monoisotopic (exact) mass is 260 g/mol. The lowest BCUT2D eigenvalue weighted by Crippen LogP contribution is -2.35. The van der Waals surface area contributed by atoms with Gasteiger partial charge in [0.2, 0.25) is 0 Å². The maximum Gasteiger partial charge on any atom is 0.142 e. The van der Waals surface area contributed by atoms with Gasteiger partial charge in [0.05, 0.1) is 0 Å². The highest BCUT2D eigenvalue weighted by Crippen LogP contribution is 2.25. The first-order valence-corrected chi connectivity index (χ1v) is 7.08. The maximum absolute atomic E-state index is 7.58. The number of piperidine rings is 1. The highest BCUT2D eigenvalue weighted by Gasteiger charge is 2.22. The molecule has 0 aromatic carbocycles. The predicted molar refractivity (Wildman–Crippen MR) is 78.1 cm³/mol. The van der Waals surface area contributed by atoms with Crippen molar-refractivity contribution in [2.45, 2.75) is 33.2 Å². The Morgan fingerprint density at radius 2 is 2.16 bits per heavy atom. The van der Waals surface area contributed by atoms with E-state index in [1.165, 1.54) is 12.8 Å². The lowest BCUT2D eigenvalue weighted by molar-refractivity contribution is 0.152. The standard InChI is InChI=1S/C15H24N4/c1-11(2)12-5-8-19(9-6-12)10-13-4-3-7-18-14(13)15(16)17/h3-4,7,11-12H,5-6,8-10H2,1-2H3,(H3,16,17). The van der Waals surface area contributed by atoms with Crippen LogP contribution in [0.4, 0.5) is 0 Å². The molecule has 4 nitrogen and oxygen atoms in total. The molecular formula is C15H24N4. The molecule has 0 spiro atoms. The molecule has 1 aliphatic heterocycles. The summed E-state index contributed by atoms with van der Waals surface area (Å²) < 4.78 is 0. The van der Waals surface area contributed by atoms with Crippen molar-refractivity contribution in [1.82, 2.24) is 9.88 Å². The molecule has 0 saturated carbocycles. The molecule has 0 unspecified atom stereocenters. The summed E-state index contributed by atoms with van der Waals surface area (Å²) in [6.45, 7) is 7.75. The van der Waals surface area contributed by atoms with Crippen LogP contribution in [0, 0.1) is 17.2 Å². The first kappa shape index (κ1) is 14.0. The van der Waals surface area contributed by atoms with Crippen LogP contribution in [-0.2, 0) is 6.54 Å². The molecular weight excluding hydrogens is 236 g/mol. The van der Waals surface area contributed by atoms with Gasteiger partial charge in [-0.2, -0.15) is 0 Å². The number of hydrogen-bond donors (Lipinski definition) is 2. The Balaban J connectivity index is 1.98. The van der Waals surface area contributed by atoms with Crippen molar-refractivity contribution in [3.63, 3.8) is 0 Å². The molecule has 0 aliphatic carbocycles. The van der Waals surface area contributed by atoms with E-state index >= 15 is 0 Å². The number of aromatic nitrogens is 1. The summed E-state index contributed by atoms with van der Waals surface area (Å²) in [5.74, 6) is 1.71. The largest absolute Gasteiger partial charge is 0.382 e. The fraction of sp³-hybridized carbons (Fsp3) is 0.600. The Labute approximate surface area is 115 Å². The Kier molecular flexibility index (Phi) is 4.53. The molecule has 1 fully saturated rings. The van der Waals surface area contributed by atoms with Gasteiger partial charge in [-0.15, -0.1) is 0 Å². The van der Waals surface area contributed by atoms with E-state index in [2.05, 4.69) is 23.7 Å². The van der Waals surface area contributed by atoms with Crippen LogP contribution in [0.3, 0.4) is 0 Å². The van der Waals surface area contributed by atoms with Gasteiger partial charge < -0.3 is 5.73 Å². The van der Waals surface area contributed by atoms with E-state index in [1.54, 1.807) is 6.20 Å². The highest BCUT2D eigenvalue weighted by molar-refractivity contribution is 5.94. The van der Waals surface area contributed by atoms with Gasteiger partial charge in [-0.1, -0.05) is 19.9 Å². The zero-order valence-corrected chi connectivity index (χ0v) is 11.9. The number of pyridine rings is 1. The number of nitrogens with two attached hydrogens (primary N) is 1. The molecule has 3 N–H and O–H groups in total. The number of likely N-dealkylation sites (tertiary alicyclic amines) is 1. The van der Waals surface area contributed by atoms with Gasteiger partial charge in [0.25, 0.3) is 0 Å². The Morgan fingerprint density at radius 1 is 1.47 bits per heavy atom. The van der Waals surface area contributed by atoms with Crippen molar-refractivity contribution in [1.29, 1.82) is 5.41 Å². The van der Waals surface area contributed by atoms with Crippen molar-refractivity contribution in [2.24, 2.45) is 17.6 Å². The molecule has 1 aromatic heterocycles. The molecule has 19 heavy (non-hydrogen) atoms. The summed E-state index contributed by atoms with van der Waals surface area (Å²) in [6.07, 6.45) is 4.24. The number of rotatable bonds is 4. The fourth-order valence-corrected chi connectivity index (χ4v) is 2.83. The molecule has 1 saturated heterocycles. The van der Waals surface area contributed by atoms with E-state index in [9.17, 15) is 0 Å². The van der Waals surface area contributed by atoms with Gasteiger partial charge in [0, 0.05) is 12.7 Å². The second kappa shape index (κ2) is 6.15. The molecule has 1 aliphatic rings. The quantitative estimate of drug-likeness (QED) is 0.644. The Morgan fingerprint density at radius 3 is 2.74 bits per heavy atom. The normalized spacial score (nSPS) is 17.8. The van der Waals surface area contributed by atoms with Gasteiger partial charge in [-0.3, -0.25) is 15.3 Å². The van der Waals surface area contributed by atoms with Gasteiger partial charge in [-0.25, -0.2) is 0 Å². The zero-order valence-electron chi connectivity index (χ0n) is 11.9. The smallest absolute Gasteiger partial charge is 0.142 e. The summed E-state index contributed by atoms with van der Waals surface area (Å²) in [5, 5.41) is 7.58. The highest BCUT2D eigenvalue weighted by atomic mass is 15.1. The van der Waals surface area contributed by atoms with E-state index in [1.807, 2.05) is 12.1 Å². The van der Waals surface area contributed by atoms with E-state index in [0.717, 1.165) is 37.0 Å². The minimum absolute atomic E-state index is 0.0627. The van der Waals surface area contributed by atoms with Crippen molar-refractivity contribution in [3.8, 4) is 0 Å². The number of amidine groups is 1. The lowest BCUT2D eigenvalue weighted by Gasteiger charge is -2.34. The molecule has 4 heteroatoms. The van der Waals surface area contributed by atoms with Gasteiger partial charge in [0.15, 0.2) is 0 Å². The second-order valence-corrected chi connectivity index (χ2v) is 5.78. The van der Waals surface area contributed by atoms with E-state index in [-0.39, 0.29) is 5.84 Å². The second-order valence-electron chi connectivity index (χ2n) is 5.78. The van der Waals surface area contributed by atoms with Gasteiger partial charge >= 0.3 is 0 Å². The average Bonchev–Trinajstić information content (AvgIpc) is 2.39. The molecule has 0 atom stereocenters. The Hall–Kier alpha value is -1.42. The number of nitrogen functional groups attached to an aromatic ring is 1. The van der Waals surface area contributed by atoms with Crippen LogP contribution in [0.1, 0.15) is 37.9 Å². The summed E-state index contributed by atoms with van der Waals surface area (Å²) in [4.78, 5) is 6.66. The zero-order chi connectivity index (χ0) is 13.8. The van der Waals surface area contributed by atoms with Crippen molar-refractivity contribution < 1.29 is 0 Å². The van der Waals surface area contributed by atoms with Crippen molar-refractivity contribution >= 4 is 5.84 Å². The lowest BCUT2D eigenvalue weighted by atomic mass is 9.86. The van der Waals surface area contributed by atoms with Crippen LogP contribution >= 0.6 is 0 Å². The van der Waals surface area contributed by atoms with E-state index in [4.69, 9.17) is 11.1 Å². The molecule has 104 valence electrons. The van der Waals surface area contributed by atoms with Crippen molar-refractivity contribution in [2.75, 3.05) is 13.1 Å². The molecule has 2 heterocycles. The predicted octanol–water partition coefficient (Wildman–Crippen LogP) is 2.23. The summed E-state index contributed by atoms with van der Waals surface area (Å²) in [5.41, 5.74) is 7.28. The molecule has 0 radical (unpaired) electrons. The van der Waals surface area contributed by atoms with E-state index in [0.29, 0.717) is 5.69 Å². The minimum atomic E-state index is 0.0627. The number of nitrogens with zero attached hydrogens (tertiary/aromatic N) is 2. The molecule has 2 rings (SSSR count). The third-order valence-electron chi connectivity index (χ3n) is 4.12. The third-order valence-corrected chi connectivity index (χ3v) is 4.12. The third kappa shape index (κ3) is 3.53. The van der Waals surface area contributed by atoms with Crippen LogP contribution in [0.15, 0.2) is 18.3 Å². The number of nitrogens with one attached hydrogen (secondary N) is 1. The van der Waals surface area contributed by atoms with Gasteiger partial charge in [0.1, 0.15) is 11.5 Å². The van der Waals surface area contributed by atoms with Gasteiger partial charge in [-0.05, 0) is 49.4 Å². The Bertz CT molecular complexity index is 434. The van der Waals surface area contributed by atoms with E-state index < -0.39 is 0 Å². The van der Waals surface area contributed by atoms with Crippen LogP contribution in [-0.4, -0.2) is 28.8 Å². The molecule has 0 bridgehead atoms. The SMILES string of the molecule is CC(C)C1CCN(Cc2cccnc2C(=N)N)CC1. The van der Waals surface area contributed by atoms with Crippen LogP contribution < -0.4 is 5.73 Å². The topological polar surface area (TPSA) is 66.0 Å². The summed E-state index contributed by atoms with van der Waals surface area (Å²) in [7, 11) is 0. The minimum Gasteiger partial charge on any atom is -0.382 e. The molecule has 1 aromatic rings. The van der Waals surface area contributed by atoms with Crippen LogP contribution in [0.2, 0.25) is 0 Å². The van der Waals surface area contributed by atoms with Crippen LogP contribution in [0.5, 0.6) is 0 Å². The first-order valence-electron chi connectivity index (χ1n) is 7.08. The number of hydrogen-bond acceptors (Lipinski definition) is 3. The first-order chi connectivity index (χ1) is 9.08. The van der Waals surface area contributed by atoms with Crippen molar-refractivity contribution in [3.05, 3.63) is 29.6 Å². The summed E-state index contributed by atoms with van der Waals surface area (Å²) >= 11 is 0.